The molecule has 1 aromatic carbocycles. The van der Waals surface area contributed by atoms with E-state index in [0.29, 0.717) is 23.1 Å². The van der Waals surface area contributed by atoms with Crippen molar-refractivity contribution in [2.45, 2.75) is 17.2 Å². The molecule has 0 bridgehead atoms. The molecule has 2 heterocycles. The van der Waals surface area contributed by atoms with Crippen LogP contribution in [0.4, 0.5) is 4.39 Å². The van der Waals surface area contributed by atoms with E-state index in [1.165, 1.54) is 17.8 Å². The Morgan fingerprint density at radius 2 is 2.24 bits per heavy atom. The van der Waals surface area contributed by atoms with Gasteiger partial charge in [-0.25, -0.2) is 9.38 Å². The number of fused-ring (bicyclic) bond motifs is 1. The van der Waals surface area contributed by atoms with Crippen LogP contribution < -0.4 is 11.5 Å². The second kappa shape index (κ2) is 5.24. The van der Waals surface area contributed by atoms with Crippen LogP contribution in [-0.4, -0.2) is 42.9 Å². The summed E-state index contributed by atoms with van der Waals surface area (Å²) < 4.78 is 25.5. The van der Waals surface area contributed by atoms with Crippen molar-refractivity contribution in [3.8, 4) is 0 Å². The first kappa shape index (κ1) is 14.8. The molecule has 0 aliphatic carbocycles. The molecule has 1 aromatic rings. The van der Waals surface area contributed by atoms with Crippen molar-refractivity contribution < 1.29 is 13.9 Å². The van der Waals surface area contributed by atoms with E-state index >= 15 is 0 Å². The van der Waals surface area contributed by atoms with Gasteiger partial charge in [-0.05, 0) is 6.07 Å². The summed E-state index contributed by atoms with van der Waals surface area (Å²) in [6, 6.07) is 6.48. The standard InChI is InChI=1S/C14H18FN3O2S/c1-19-11-6-20-7-14(9-4-2-3-5-10(9)15)13(11,17)8-21-12(16)18-14/h2-5,11H,6-8,17H2,1H3,(H2,16,18)/t11-,13-,14+/m0/s1. The molecule has 0 unspecified atom stereocenters. The normalized spacial score (nSPS) is 36.0. The van der Waals surface area contributed by atoms with Gasteiger partial charge in [0.1, 0.15) is 17.5 Å². The molecule has 0 saturated carbocycles. The summed E-state index contributed by atoms with van der Waals surface area (Å²) >= 11 is 1.37. The van der Waals surface area contributed by atoms with Gasteiger partial charge in [0, 0.05) is 18.4 Å². The summed E-state index contributed by atoms with van der Waals surface area (Å²) in [5, 5.41) is 0.389. The van der Waals surface area contributed by atoms with E-state index in [1.807, 2.05) is 0 Å². The van der Waals surface area contributed by atoms with Gasteiger partial charge < -0.3 is 20.9 Å². The van der Waals surface area contributed by atoms with Crippen molar-refractivity contribution in [1.82, 2.24) is 0 Å². The number of aliphatic imine (C=N–C) groups is 1. The summed E-state index contributed by atoms with van der Waals surface area (Å²) in [5.74, 6) is 0.134. The van der Waals surface area contributed by atoms with Crippen LogP contribution in [0.5, 0.6) is 0 Å². The Hall–Kier alpha value is -1.15. The highest BCUT2D eigenvalue weighted by atomic mass is 32.2. The van der Waals surface area contributed by atoms with E-state index in [4.69, 9.17) is 20.9 Å². The van der Waals surface area contributed by atoms with Crippen molar-refractivity contribution in [2.75, 3.05) is 26.1 Å². The Morgan fingerprint density at radius 3 is 2.95 bits per heavy atom. The summed E-state index contributed by atoms with van der Waals surface area (Å²) in [6.07, 6.45) is -0.379. The predicted octanol–water partition coefficient (Wildman–Crippen LogP) is 0.825. The quantitative estimate of drug-likeness (QED) is 0.845. The number of methoxy groups -OCH3 is 1. The van der Waals surface area contributed by atoms with Gasteiger partial charge in [-0.2, -0.15) is 0 Å². The molecular weight excluding hydrogens is 293 g/mol. The number of thioether (sulfide) groups is 1. The lowest BCUT2D eigenvalue weighted by atomic mass is 9.69. The maximum atomic E-state index is 14.4. The van der Waals surface area contributed by atoms with Crippen molar-refractivity contribution in [2.24, 2.45) is 16.5 Å². The zero-order valence-electron chi connectivity index (χ0n) is 11.7. The largest absolute Gasteiger partial charge is 0.379 e. The van der Waals surface area contributed by atoms with Gasteiger partial charge >= 0.3 is 0 Å². The zero-order chi connectivity index (χ0) is 15.1. The Morgan fingerprint density at radius 1 is 1.48 bits per heavy atom. The SMILES string of the molecule is CO[C@H]1COC[C@]2(c3ccccc3F)N=C(N)SC[C@]12N. The summed E-state index contributed by atoms with van der Waals surface area (Å²) in [7, 11) is 1.58. The van der Waals surface area contributed by atoms with Crippen molar-refractivity contribution in [3.05, 3.63) is 35.6 Å². The second-order valence-electron chi connectivity index (χ2n) is 5.36. The summed E-state index contributed by atoms with van der Waals surface area (Å²) in [4.78, 5) is 4.52. The van der Waals surface area contributed by atoms with Crippen LogP contribution in [0.25, 0.3) is 0 Å². The van der Waals surface area contributed by atoms with Crippen LogP contribution >= 0.6 is 11.8 Å². The average Bonchev–Trinajstić information content (AvgIpc) is 2.47. The molecule has 1 fully saturated rings. The van der Waals surface area contributed by atoms with E-state index in [1.54, 1.807) is 25.3 Å². The molecule has 4 N–H and O–H groups in total. The van der Waals surface area contributed by atoms with Gasteiger partial charge in [0.2, 0.25) is 0 Å². The molecule has 3 rings (SSSR count). The number of halogens is 1. The number of hydrogen-bond donors (Lipinski definition) is 2. The Kier molecular flexibility index (Phi) is 3.69. The van der Waals surface area contributed by atoms with Gasteiger partial charge in [-0.1, -0.05) is 30.0 Å². The third-order valence-electron chi connectivity index (χ3n) is 4.29. The van der Waals surface area contributed by atoms with Crippen molar-refractivity contribution in [1.29, 1.82) is 0 Å². The zero-order valence-corrected chi connectivity index (χ0v) is 12.5. The van der Waals surface area contributed by atoms with Crippen LogP contribution in [-0.2, 0) is 15.0 Å². The fourth-order valence-corrected chi connectivity index (χ4v) is 4.12. The molecule has 114 valence electrons. The first-order valence-electron chi connectivity index (χ1n) is 6.66. The maximum Gasteiger partial charge on any atom is 0.155 e. The third-order valence-corrected chi connectivity index (χ3v) is 5.30. The Bertz CT molecular complexity index is 585. The molecular formula is C14H18FN3O2S. The molecule has 1 saturated heterocycles. The molecule has 0 aromatic heterocycles. The topological polar surface area (TPSA) is 82.9 Å². The molecule has 5 nitrogen and oxygen atoms in total. The Labute approximate surface area is 126 Å². The van der Waals surface area contributed by atoms with Crippen LogP contribution in [0.15, 0.2) is 29.3 Å². The minimum Gasteiger partial charge on any atom is -0.379 e. The lowest BCUT2D eigenvalue weighted by Gasteiger charge is -2.54. The monoisotopic (exact) mass is 311 g/mol. The van der Waals surface area contributed by atoms with Crippen LogP contribution in [0.3, 0.4) is 0 Å². The molecule has 0 spiro atoms. The predicted molar refractivity (Wildman–Crippen MR) is 80.7 cm³/mol. The number of amidine groups is 1. The second-order valence-corrected chi connectivity index (χ2v) is 6.35. The highest BCUT2D eigenvalue weighted by Crippen LogP contribution is 2.47. The van der Waals surface area contributed by atoms with Gasteiger partial charge in [0.25, 0.3) is 0 Å². The van der Waals surface area contributed by atoms with Crippen molar-refractivity contribution >= 4 is 16.9 Å². The molecule has 0 amide bonds. The van der Waals surface area contributed by atoms with E-state index < -0.39 is 11.1 Å². The van der Waals surface area contributed by atoms with Crippen molar-refractivity contribution in [3.63, 3.8) is 0 Å². The number of rotatable bonds is 2. The Balaban J connectivity index is 2.22. The first-order chi connectivity index (χ1) is 10.0. The molecule has 7 heteroatoms. The summed E-state index contributed by atoms with van der Waals surface area (Å²) in [5.41, 5.74) is 11.0. The van der Waals surface area contributed by atoms with Gasteiger partial charge in [-0.3, -0.25) is 0 Å². The molecule has 3 atom stereocenters. The van der Waals surface area contributed by atoms with E-state index in [2.05, 4.69) is 4.99 Å². The highest BCUT2D eigenvalue weighted by molar-refractivity contribution is 8.13. The highest BCUT2D eigenvalue weighted by Gasteiger charge is 2.60. The van der Waals surface area contributed by atoms with E-state index in [9.17, 15) is 4.39 Å². The van der Waals surface area contributed by atoms with Gasteiger partial charge in [0.05, 0.1) is 18.8 Å². The minimum absolute atomic E-state index is 0.186. The van der Waals surface area contributed by atoms with Gasteiger partial charge in [-0.15, -0.1) is 0 Å². The average molecular weight is 311 g/mol. The molecule has 2 aliphatic heterocycles. The summed E-state index contributed by atoms with van der Waals surface area (Å²) in [6.45, 7) is 0.546. The number of benzene rings is 1. The maximum absolute atomic E-state index is 14.4. The van der Waals surface area contributed by atoms with E-state index in [0.717, 1.165) is 0 Å². The van der Waals surface area contributed by atoms with Gasteiger partial charge in [0.15, 0.2) is 5.17 Å². The fraction of sp³-hybridized carbons (Fsp3) is 0.500. The number of nitrogens with two attached hydrogens (primary N) is 2. The number of hydrogen-bond acceptors (Lipinski definition) is 6. The van der Waals surface area contributed by atoms with Crippen LogP contribution in [0, 0.1) is 5.82 Å². The lowest BCUT2D eigenvalue weighted by molar-refractivity contribution is -0.115. The molecule has 0 radical (unpaired) electrons. The fourth-order valence-electron chi connectivity index (χ4n) is 3.09. The lowest BCUT2D eigenvalue weighted by Crippen LogP contribution is -2.73. The van der Waals surface area contributed by atoms with E-state index in [-0.39, 0.29) is 18.5 Å². The smallest absolute Gasteiger partial charge is 0.155 e. The van der Waals surface area contributed by atoms with Crippen LogP contribution in [0.2, 0.25) is 0 Å². The number of ether oxygens (including phenoxy) is 2. The number of nitrogens with zero attached hydrogens (tertiary/aromatic N) is 1. The minimum atomic E-state index is -1.06. The first-order valence-corrected chi connectivity index (χ1v) is 7.64. The molecule has 2 aliphatic rings. The molecule has 21 heavy (non-hydrogen) atoms. The van der Waals surface area contributed by atoms with Crippen LogP contribution in [0.1, 0.15) is 5.56 Å². The third kappa shape index (κ3) is 2.07.